The van der Waals surface area contributed by atoms with Crippen LogP contribution in [0, 0.1) is 12.8 Å². The lowest BCUT2D eigenvalue weighted by atomic mass is 9.98. The summed E-state index contributed by atoms with van der Waals surface area (Å²) in [4.78, 5) is 18.0. The van der Waals surface area contributed by atoms with Crippen molar-refractivity contribution in [3.63, 3.8) is 0 Å². The number of piperidine rings is 1. The van der Waals surface area contributed by atoms with Crippen LogP contribution in [0.4, 0.5) is 4.79 Å². The van der Waals surface area contributed by atoms with Crippen molar-refractivity contribution >= 4 is 6.09 Å². The Labute approximate surface area is 132 Å². The van der Waals surface area contributed by atoms with E-state index in [0.29, 0.717) is 18.4 Å². The molecule has 0 bridgehead atoms. The molecule has 5 nitrogen and oxygen atoms in total. The first-order valence-electron chi connectivity index (χ1n) is 7.87. The Bertz CT molecular complexity index is 503. The van der Waals surface area contributed by atoms with Crippen molar-refractivity contribution in [3.8, 4) is 5.88 Å². The lowest BCUT2D eigenvalue weighted by molar-refractivity contribution is 0.0164. The number of likely N-dealkylation sites (tertiary alicyclic amines) is 1. The van der Waals surface area contributed by atoms with Crippen LogP contribution < -0.4 is 4.74 Å². The van der Waals surface area contributed by atoms with Gasteiger partial charge in [0.15, 0.2) is 0 Å². The number of nitrogens with zero attached hydrogens (tertiary/aromatic N) is 2. The Morgan fingerprint density at radius 1 is 1.36 bits per heavy atom. The number of rotatable bonds is 3. The first-order chi connectivity index (χ1) is 10.3. The number of hydrogen-bond acceptors (Lipinski definition) is 4. The topological polar surface area (TPSA) is 51.7 Å². The van der Waals surface area contributed by atoms with Crippen LogP contribution in [0.3, 0.4) is 0 Å². The van der Waals surface area contributed by atoms with Gasteiger partial charge in [-0.05, 0) is 58.1 Å². The number of carbonyl (C=O) groups excluding carboxylic acids is 1. The number of hydrogen-bond donors (Lipinski definition) is 0. The predicted molar refractivity (Wildman–Crippen MR) is 85.0 cm³/mol. The van der Waals surface area contributed by atoms with Gasteiger partial charge in [0.2, 0.25) is 5.88 Å². The second kappa shape index (κ2) is 6.99. The van der Waals surface area contributed by atoms with E-state index in [1.165, 1.54) is 0 Å². The van der Waals surface area contributed by atoms with E-state index < -0.39 is 5.60 Å². The lowest BCUT2D eigenvalue weighted by Gasteiger charge is -2.33. The fourth-order valence-electron chi connectivity index (χ4n) is 2.40. The molecule has 0 unspecified atom stereocenters. The van der Waals surface area contributed by atoms with Crippen molar-refractivity contribution in [1.29, 1.82) is 0 Å². The summed E-state index contributed by atoms with van der Waals surface area (Å²) in [6.07, 6.45) is 3.42. The third-order valence-electron chi connectivity index (χ3n) is 3.62. The molecule has 0 saturated carbocycles. The highest BCUT2D eigenvalue weighted by atomic mass is 16.6. The maximum Gasteiger partial charge on any atom is 0.410 e. The first kappa shape index (κ1) is 16.6. The van der Waals surface area contributed by atoms with Gasteiger partial charge in [-0.3, -0.25) is 0 Å². The Morgan fingerprint density at radius 2 is 2.05 bits per heavy atom. The van der Waals surface area contributed by atoms with Crippen LogP contribution in [-0.2, 0) is 4.74 Å². The quantitative estimate of drug-likeness (QED) is 0.858. The van der Waals surface area contributed by atoms with Gasteiger partial charge in [0.1, 0.15) is 5.60 Å². The van der Waals surface area contributed by atoms with Crippen molar-refractivity contribution in [1.82, 2.24) is 9.88 Å². The Hall–Kier alpha value is -1.78. The maximum atomic E-state index is 12.0. The van der Waals surface area contributed by atoms with Gasteiger partial charge in [0.05, 0.1) is 6.61 Å². The molecule has 0 aromatic carbocycles. The molecule has 0 spiro atoms. The SMILES string of the molecule is Cc1ccnc(OCC2CCN(C(=O)OC(C)(C)C)CC2)c1. The first-order valence-corrected chi connectivity index (χ1v) is 7.87. The number of amides is 1. The van der Waals surface area contributed by atoms with Crippen molar-refractivity contribution in [2.75, 3.05) is 19.7 Å². The molecule has 1 aromatic rings. The summed E-state index contributed by atoms with van der Waals surface area (Å²) in [5.74, 6) is 1.13. The van der Waals surface area contributed by atoms with Gasteiger partial charge < -0.3 is 14.4 Å². The number of pyridine rings is 1. The van der Waals surface area contributed by atoms with E-state index >= 15 is 0 Å². The third kappa shape index (κ3) is 5.20. The van der Waals surface area contributed by atoms with Gasteiger partial charge in [0, 0.05) is 25.4 Å². The van der Waals surface area contributed by atoms with E-state index in [2.05, 4.69) is 4.98 Å². The van der Waals surface area contributed by atoms with E-state index in [4.69, 9.17) is 9.47 Å². The minimum Gasteiger partial charge on any atom is -0.477 e. The van der Waals surface area contributed by atoms with Gasteiger partial charge >= 0.3 is 6.09 Å². The minimum atomic E-state index is -0.437. The molecule has 0 N–H and O–H groups in total. The molecule has 0 radical (unpaired) electrons. The van der Waals surface area contributed by atoms with E-state index in [1.54, 1.807) is 11.1 Å². The molecule has 22 heavy (non-hydrogen) atoms. The normalized spacial score (nSPS) is 16.5. The minimum absolute atomic E-state index is 0.216. The molecule has 1 amide bonds. The van der Waals surface area contributed by atoms with Crippen molar-refractivity contribution in [3.05, 3.63) is 23.9 Å². The number of aryl methyl sites for hydroxylation is 1. The Balaban J connectivity index is 1.74. The van der Waals surface area contributed by atoms with E-state index in [9.17, 15) is 4.79 Å². The van der Waals surface area contributed by atoms with Gasteiger partial charge in [-0.2, -0.15) is 0 Å². The van der Waals surface area contributed by atoms with E-state index in [1.807, 2.05) is 39.8 Å². The van der Waals surface area contributed by atoms with Crippen molar-refractivity contribution in [2.45, 2.75) is 46.1 Å². The largest absolute Gasteiger partial charge is 0.477 e. The zero-order valence-electron chi connectivity index (χ0n) is 14.0. The highest BCUT2D eigenvalue weighted by Crippen LogP contribution is 2.21. The molecule has 1 aliphatic heterocycles. The van der Waals surface area contributed by atoms with Crippen molar-refractivity contribution < 1.29 is 14.3 Å². The molecule has 122 valence electrons. The molecule has 1 saturated heterocycles. The van der Waals surface area contributed by atoms with Crippen LogP contribution in [0.1, 0.15) is 39.2 Å². The predicted octanol–water partition coefficient (Wildman–Crippen LogP) is 3.42. The second-order valence-electron chi connectivity index (χ2n) is 6.89. The fraction of sp³-hybridized carbons (Fsp3) is 0.647. The Kier molecular flexibility index (Phi) is 5.27. The van der Waals surface area contributed by atoms with Crippen LogP contribution in [0.15, 0.2) is 18.3 Å². The highest BCUT2D eigenvalue weighted by Gasteiger charge is 2.27. The average molecular weight is 306 g/mol. The molecule has 1 aromatic heterocycles. The Morgan fingerprint density at radius 3 is 2.64 bits per heavy atom. The van der Waals surface area contributed by atoms with E-state index in [0.717, 1.165) is 31.5 Å². The van der Waals surface area contributed by atoms with Gasteiger partial charge in [-0.25, -0.2) is 9.78 Å². The summed E-state index contributed by atoms with van der Waals surface area (Å²) in [5.41, 5.74) is 0.707. The monoisotopic (exact) mass is 306 g/mol. The number of aromatic nitrogens is 1. The van der Waals surface area contributed by atoms with Crippen LogP contribution in [0.25, 0.3) is 0 Å². The molecule has 1 aliphatic rings. The molecule has 0 aliphatic carbocycles. The number of ether oxygens (including phenoxy) is 2. The molecule has 5 heteroatoms. The molecule has 1 fully saturated rings. The molecular weight excluding hydrogens is 280 g/mol. The average Bonchev–Trinajstić information content (AvgIpc) is 2.44. The zero-order chi connectivity index (χ0) is 16.2. The summed E-state index contributed by atoms with van der Waals surface area (Å²) >= 11 is 0. The van der Waals surface area contributed by atoms with Crippen LogP contribution >= 0.6 is 0 Å². The second-order valence-corrected chi connectivity index (χ2v) is 6.89. The summed E-state index contributed by atoms with van der Waals surface area (Å²) in [5, 5.41) is 0. The molecule has 2 heterocycles. The summed E-state index contributed by atoms with van der Waals surface area (Å²) in [6.45, 7) is 9.79. The summed E-state index contributed by atoms with van der Waals surface area (Å²) in [6, 6.07) is 3.89. The molecular formula is C17H26N2O3. The maximum absolute atomic E-state index is 12.0. The van der Waals surface area contributed by atoms with Gasteiger partial charge in [0.25, 0.3) is 0 Å². The molecule has 2 rings (SSSR count). The van der Waals surface area contributed by atoms with Crippen LogP contribution in [0.5, 0.6) is 5.88 Å². The van der Waals surface area contributed by atoms with Crippen LogP contribution in [-0.4, -0.2) is 41.3 Å². The summed E-state index contributed by atoms with van der Waals surface area (Å²) in [7, 11) is 0. The summed E-state index contributed by atoms with van der Waals surface area (Å²) < 4.78 is 11.2. The highest BCUT2D eigenvalue weighted by molar-refractivity contribution is 5.68. The number of carbonyl (C=O) groups is 1. The van der Waals surface area contributed by atoms with E-state index in [-0.39, 0.29) is 6.09 Å². The smallest absolute Gasteiger partial charge is 0.410 e. The van der Waals surface area contributed by atoms with Crippen LogP contribution in [0.2, 0.25) is 0 Å². The standard InChI is InChI=1S/C17H26N2O3/c1-13-5-8-18-15(11-13)21-12-14-6-9-19(10-7-14)16(20)22-17(2,3)4/h5,8,11,14H,6-7,9-10,12H2,1-4H3. The van der Waals surface area contributed by atoms with Gasteiger partial charge in [-0.15, -0.1) is 0 Å². The molecule has 0 atom stereocenters. The fourth-order valence-corrected chi connectivity index (χ4v) is 2.40. The lowest BCUT2D eigenvalue weighted by Crippen LogP contribution is -2.42. The van der Waals surface area contributed by atoms with Crippen molar-refractivity contribution in [2.24, 2.45) is 5.92 Å². The van der Waals surface area contributed by atoms with Gasteiger partial charge in [-0.1, -0.05) is 0 Å². The third-order valence-corrected chi connectivity index (χ3v) is 3.62. The zero-order valence-corrected chi connectivity index (χ0v) is 14.0.